The van der Waals surface area contributed by atoms with Gasteiger partial charge in [0.25, 0.3) is 0 Å². The van der Waals surface area contributed by atoms with Crippen molar-refractivity contribution in [3.05, 3.63) is 53.1 Å². The van der Waals surface area contributed by atoms with E-state index < -0.39 is 5.97 Å². The highest BCUT2D eigenvalue weighted by Crippen LogP contribution is 2.35. The molecule has 5 heteroatoms. The molecule has 0 saturated carbocycles. The van der Waals surface area contributed by atoms with Gasteiger partial charge in [0, 0.05) is 10.9 Å². The van der Waals surface area contributed by atoms with Crippen LogP contribution < -0.4 is 9.47 Å². The summed E-state index contributed by atoms with van der Waals surface area (Å²) >= 11 is 0. The lowest BCUT2D eigenvalue weighted by molar-refractivity contribution is 0.0699. The first-order chi connectivity index (χ1) is 12.0. The molecular weight excluding hydrogens is 318 g/mol. The molecule has 0 unspecified atom stereocenters. The van der Waals surface area contributed by atoms with Crippen LogP contribution in [0.4, 0.5) is 0 Å². The number of aromatic carboxylic acids is 1. The first-order valence-electron chi connectivity index (χ1n) is 7.83. The maximum Gasteiger partial charge on any atom is 0.336 e. The number of fused-ring (bicyclic) bond motifs is 1. The first-order valence-corrected chi connectivity index (χ1v) is 7.83. The van der Waals surface area contributed by atoms with Crippen molar-refractivity contribution in [3.8, 4) is 22.8 Å². The van der Waals surface area contributed by atoms with Crippen molar-refractivity contribution in [2.45, 2.75) is 13.8 Å². The van der Waals surface area contributed by atoms with Crippen molar-refractivity contribution >= 4 is 16.9 Å². The van der Waals surface area contributed by atoms with E-state index in [4.69, 9.17) is 14.5 Å². The van der Waals surface area contributed by atoms with Crippen molar-refractivity contribution < 1.29 is 19.4 Å². The zero-order valence-corrected chi connectivity index (χ0v) is 14.6. The van der Waals surface area contributed by atoms with Gasteiger partial charge in [0.2, 0.25) is 0 Å². The summed E-state index contributed by atoms with van der Waals surface area (Å²) in [5.41, 5.74) is 3.94. The van der Waals surface area contributed by atoms with Gasteiger partial charge in [0.15, 0.2) is 0 Å². The molecule has 25 heavy (non-hydrogen) atoms. The van der Waals surface area contributed by atoms with Crippen LogP contribution in [0.3, 0.4) is 0 Å². The van der Waals surface area contributed by atoms with Gasteiger partial charge in [0.05, 0.1) is 31.0 Å². The Balaban J connectivity index is 2.39. The van der Waals surface area contributed by atoms with Gasteiger partial charge in [-0.1, -0.05) is 12.1 Å². The number of hydrogen-bond donors (Lipinski definition) is 1. The van der Waals surface area contributed by atoms with Crippen LogP contribution in [0.25, 0.3) is 22.2 Å². The Labute approximate surface area is 145 Å². The minimum absolute atomic E-state index is 0.228. The quantitative estimate of drug-likeness (QED) is 0.771. The van der Waals surface area contributed by atoms with Crippen molar-refractivity contribution in [2.24, 2.45) is 0 Å². The fourth-order valence-corrected chi connectivity index (χ4v) is 2.96. The molecular formula is C20H19NO4. The van der Waals surface area contributed by atoms with Crippen LogP contribution in [0.5, 0.6) is 11.5 Å². The molecule has 1 N–H and O–H groups in total. The molecule has 0 aliphatic carbocycles. The molecule has 1 heterocycles. The minimum Gasteiger partial charge on any atom is -0.497 e. The molecule has 0 amide bonds. The largest absolute Gasteiger partial charge is 0.497 e. The summed E-state index contributed by atoms with van der Waals surface area (Å²) in [4.78, 5) is 16.6. The van der Waals surface area contributed by atoms with Crippen LogP contribution in [-0.4, -0.2) is 30.3 Å². The Hall–Kier alpha value is -3.08. The number of carbonyl (C=O) groups is 1. The summed E-state index contributed by atoms with van der Waals surface area (Å²) < 4.78 is 10.7. The number of benzene rings is 2. The summed E-state index contributed by atoms with van der Waals surface area (Å²) in [5.74, 6) is 0.272. The van der Waals surface area contributed by atoms with Gasteiger partial charge in [-0.05, 0) is 49.2 Å². The molecule has 2 aromatic carbocycles. The monoisotopic (exact) mass is 337 g/mol. The highest BCUT2D eigenvalue weighted by atomic mass is 16.5. The van der Waals surface area contributed by atoms with E-state index in [1.165, 1.54) is 0 Å². The maximum atomic E-state index is 11.9. The summed E-state index contributed by atoms with van der Waals surface area (Å²) in [7, 11) is 3.15. The lowest BCUT2D eigenvalue weighted by Gasteiger charge is -2.14. The van der Waals surface area contributed by atoms with Gasteiger partial charge in [-0.2, -0.15) is 0 Å². The lowest BCUT2D eigenvalue weighted by atomic mass is 9.98. The number of pyridine rings is 1. The van der Waals surface area contributed by atoms with Crippen LogP contribution in [0.15, 0.2) is 36.4 Å². The molecule has 0 radical (unpaired) electrons. The fraction of sp³-hybridized carbons (Fsp3) is 0.200. The number of ether oxygens (including phenoxy) is 2. The zero-order chi connectivity index (χ0) is 18.1. The van der Waals surface area contributed by atoms with Crippen molar-refractivity contribution in [2.75, 3.05) is 14.2 Å². The minimum atomic E-state index is -0.982. The van der Waals surface area contributed by atoms with Crippen molar-refractivity contribution in [3.63, 3.8) is 0 Å². The summed E-state index contributed by atoms with van der Waals surface area (Å²) in [6.07, 6.45) is 0. The Morgan fingerprint density at radius 1 is 1.00 bits per heavy atom. The summed E-state index contributed by atoms with van der Waals surface area (Å²) in [6, 6.07) is 10.8. The van der Waals surface area contributed by atoms with E-state index in [1.807, 2.05) is 26.0 Å². The molecule has 0 atom stereocenters. The van der Waals surface area contributed by atoms with Gasteiger partial charge in [-0.25, -0.2) is 9.78 Å². The van der Waals surface area contributed by atoms with Crippen molar-refractivity contribution in [1.29, 1.82) is 0 Å². The van der Waals surface area contributed by atoms with E-state index in [-0.39, 0.29) is 5.56 Å². The zero-order valence-electron chi connectivity index (χ0n) is 14.6. The average molecular weight is 337 g/mol. The normalized spacial score (nSPS) is 10.7. The number of carboxylic acids is 1. The highest BCUT2D eigenvalue weighted by molar-refractivity contribution is 6.06. The summed E-state index contributed by atoms with van der Waals surface area (Å²) in [6.45, 7) is 3.81. The van der Waals surface area contributed by atoms with Crippen LogP contribution in [-0.2, 0) is 0 Å². The Morgan fingerprint density at radius 2 is 1.72 bits per heavy atom. The van der Waals surface area contributed by atoms with Crippen LogP contribution >= 0.6 is 0 Å². The summed E-state index contributed by atoms with van der Waals surface area (Å²) in [5, 5.41) is 10.4. The van der Waals surface area contributed by atoms with E-state index in [1.54, 1.807) is 38.5 Å². The standard InChI is InChI=1S/C20H19NO4/c1-11-5-6-12(2)19-18(11)15(20(22)23)10-16(21-19)14-9-13(24-3)7-8-17(14)25-4/h5-10H,1-4H3,(H,22,23). The molecule has 0 bridgehead atoms. The topological polar surface area (TPSA) is 68.7 Å². The number of methoxy groups -OCH3 is 2. The molecule has 3 aromatic rings. The third-order valence-electron chi connectivity index (χ3n) is 4.28. The third kappa shape index (κ3) is 2.89. The number of aryl methyl sites for hydroxylation is 2. The van der Waals surface area contributed by atoms with Gasteiger partial charge in [-0.15, -0.1) is 0 Å². The van der Waals surface area contributed by atoms with Crippen LogP contribution in [0.1, 0.15) is 21.5 Å². The molecule has 0 fully saturated rings. The van der Waals surface area contributed by atoms with Crippen LogP contribution in [0, 0.1) is 13.8 Å². The molecule has 0 aliphatic rings. The number of nitrogens with zero attached hydrogens (tertiary/aromatic N) is 1. The van der Waals surface area contributed by atoms with Gasteiger partial charge < -0.3 is 14.6 Å². The van der Waals surface area contributed by atoms with E-state index in [2.05, 4.69) is 0 Å². The third-order valence-corrected chi connectivity index (χ3v) is 4.28. The predicted octanol–water partition coefficient (Wildman–Crippen LogP) is 4.23. The number of rotatable bonds is 4. The molecule has 128 valence electrons. The van der Waals surface area contributed by atoms with Gasteiger partial charge in [-0.3, -0.25) is 0 Å². The second kappa shape index (κ2) is 6.43. The van der Waals surface area contributed by atoms with E-state index in [0.717, 1.165) is 11.1 Å². The number of carboxylic acid groups (broad SMARTS) is 1. The van der Waals surface area contributed by atoms with Crippen molar-refractivity contribution in [1.82, 2.24) is 4.98 Å². The average Bonchev–Trinajstić information content (AvgIpc) is 2.63. The van der Waals surface area contributed by atoms with E-state index in [0.29, 0.717) is 33.7 Å². The molecule has 1 aromatic heterocycles. The first kappa shape index (κ1) is 16.8. The van der Waals surface area contributed by atoms with Crippen LogP contribution in [0.2, 0.25) is 0 Å². The maximum absolute atomic E-state index is 11.9. The number of hydrogen-bond acceptors (Lipinski definition) is 4. The molecule has 3 rings (SSSR count). The van der Waals surface area contributed by atoms with Gasteiger partial charge in [0.1, 0.15) is 11.5 Å². The Morgan fingerprint density at radius 3 is 2.36 bits per heavy atom. The highest BCUT2D eigenvalue weighted by Gasteiger charge is 2.18. The Bertz CT molecular complexity index is 979. The van der Waals surface area contributed by atoms with E-state index >= 15 is 0 Å². The lowest BCUT2D eigenvalue weighted by Crippen LogP contribution is -2.03. The predicted molar refractivity (Wildman–Crippen MR) is 96.7 cm³/mol. The second-order valence-electron chi connectivity index (χ2n) is 5.85. The number of aromatic nitrogens is 1. The molecule has 0 saturated heterocycles. The van der Waals surface area contributed by atoms with E-state index in [9.17, 15) is 9.90 Å². The molecule has 5 nitrogen and oxygen atoms in total. The molecule has 0 aliphatic heterocycles. The SMILES string of the molecule is COc1ccc(OC)c(-c2cc(C(=O)O)c3c(C)ccc(C)c3n2)c1. The fourth-order valence-electron chi connectivity index (χ4n) is 2.96. The van der Waals surface area contributed by atoms with Gasteiger partial charge >= 0.3 is 5.97 Å². The Kier molecular flexibility index (Phi) is 4.31. The smallest absolute Gasteiger partial charge is 0.336 e. The molecule has 0 spiro atoms. The second-order valence-corrected chi connectivity index (χ2v) is 5.85.